The largest absolute Gasteiger partial charge is 0.207 e. The van der Waals surface area contributed by atoms with E-state index < -0.39 is 19.6 Å². The molecule has 3 heteroatoms. The summed E-state index contributed by atoms with van der Waals surface area (Å²) in [7, 11) is -0.717. The molecule has 0 spiro atoms. The standard InChI is InChI=1S/C16H25F2P/c1-7-15(3,4)19(16(5,6)8-2)14-10-9-12(17)11-13(14)18/h9-11H,7-8H2,1-6H3. The van der Waals surface area contributed by atoms with Crippen LogP contribution in [0.2, 0.25) is 0 Å². The minimum atomic E-state index is -0.717. The maximum Gasteiger partial charge on any atom is 0.133 e. The highest BCUT2D eigenvalue weighted by atomic mass is 31.1. The van der Waals surface area contributed by atoms with Crippen LogP contribution >= 0.6 is 7.92 Å². The van der Waals surface area contributed by atoms with Gasteiger partial charge in [-0.3, -0.25) is 0 Å². The zero-order valence-electron chi connectivity index (χ0n) is 12.8. The van der Waals surface area contributed by atoms with Crippen LogP contribution in [-0.4, -0.2) is 10.3 Å². The van der Waals surface area contributed by atoms with Gasteiger partial charge in [0.05, 0.1) is 0 Å². The molecule has 1 aromatic carbocycles. The van der Waals surface area contributed by atoms with E-state index in [-0.39, 0.29) is 10.3 Å². The molecule has 108 valence electrons. The monoisotopic (exact) mass is 286 g/mol. The van der Waals surface area contributed by atoms with Gasteiger partial charge in [-0.05, 0) is 35.3 Å². The molecule has 1 aromatic rings. The molecule has 0 aliphatic heterocycles. The normalized spacial score (nSPS) is 13.1. The Morgan fingerprint density at radius 3 is 1.79 bits per heavy atom. The number of rotatable bonds is 5. The van der Waals surface area contributed by atoms with Gasteiger partial charge in [0.1, 0.15) is 11.6 Å². The molecule has 0 bridgehead atoms. The summed E-state index contributed by atoms with van der Waals surface area (Å²) in [4.78, 5) is 0. The fraction of sp³-hybridized carbons (Fsp3) is 0.625. The fourth-order valence-corrected chi connectivity index (χ4v) is 6.53. The van der Waals surface area contributed by atoms with Gasteiger partial charge in [-0.1, -0.05) is 49.5 Å². The zero-order chi connectivity index (χ0) is 14.8. The molecular formula is C16H25F2P. The Morgan fingerprint density at radius 1 is 0.947 bits per heavy atom. The van der Waals surface area contributed by atoms with Gasteiger partial charge < -0.3 is 0 Å². The summed E-state index contributed by atoms with van der Waals surface area (Å²) in [6.07, 6.45) is 1.97. The molecular weight excluding hydrogens is 261 g/mol. The summed E-state index contributed by atoms with van der Waals surface area (Å²) in [5, 5.41) is 0.774. The third kappa shape index (κ3) is 3.54. The van der Waals surface area contributed by atoms with Gasteiger partial charge in [-0.25, -0.2) is 8.78 Å². The highest BCUT2D eigenvalue weighted by Crippen LogP contribution is 2.61. The first-order valence-electron chi connectivity index (χ1n) is 6.91. The quantitative estimate of drug-likeness (QED) is 0.631. The van der Waals surface area contributed by atoms with Crippen LogP contribution < -0.4 is 5.30 Å². The molecule has 0 fully saturated rings. The van der Waals surface area contributed by atoms with Crippen molar-refractivity contribution in [3.05, 3.63) is 29.8 Å². The molecule has 0 radical (unpaired) electrons. The van der Waals surface area contributed by atoms with Gasteiger partial charge in [0.2, 0.25) is 0 Å². The Balaban J connectivity index is 3.40. The van der Waals surface area contributed by atoms with Crippen LogP contribution in [0.25, 0.3) is 0 Å². The highest BCUT2D eigenvalue weighted by molar-refractivity contribution is 7.68. The zero-order valence-corrected chi connectivity index (χ0v) is 13.7. The minimum absolute atomic E-state index is 0.0352. The Bertz CT molecular complexity index is 422. The lowest BCUT2D eigenvalue weighted by atomic mass is 10.1. The number of benzene rings is 1. The second-order valence-corrected chi connectivity index (χ2v) is 9.84. The van der Waals surface area contributed by atoms with Crippen molar-refractivity contribution in [2.75, 3.05) is 0 Å². The summed E-state index contributed by atoms with van der Waals surface area (Å²) in [6, 6.07) is 4.04. The SMILES string of the molecule is CCC(C)(C)P(c1ccc(F)cc1F)C(C)(C)CC. The lowest BCUT2D eigenvalue weighted by Gasteiger charge is -2.45. The van der Waals surface area contributed by atoms with Crippen molar-refractivity contribution in [1.82, 2.24) is 0 Å². The molecule has 0 saturated carbocycles. The van der Waals surface area contributed by atoms with Crippen LogP contribution in [-0.2, 0) is 0 Å². The average molecular weight is 286 g/mol. The van der Waals surface area contributed by atoms with Gasteiger partial charge in [-0.15, -0.1) is 0 Å². The molecule has 0 N–H and O–H groups in total. The van der Waals surface area contributed by atoms with Crippen molar-refractivity contribution < 1.29 is 8.78 Å². The second kappa shape index (κ2) is 5.87. The Kier molecular flexibility index (Phi) is 5.12. The summed E-state index contributed by atoms with van der Waals surface area (Å²) >= 11 is 0. The first-order chi connectivity index (χ1) is 8.65. The van der Waals surface area contributed by atoms with E-state index in [2.05, 4.69) is 41.5 Å². The average Bonchev–Trinajstić information content (AvgIpc) is 2.32. The van der Waals surface area contributed by atoms with E-state index in [1.54, 1.807) is 6.07 Å². The van der Waals surface area contributed by atoms with Crippen molar-refractivity contribution in [2.24, 2.45) is 0 Å². The van der Waals surface area contributed by atoms with E-state index in [9.17, 15) is 8.78 Å². The third-order valence-electron chi connectivity index (χ3n) is 4.09. The van der Waals surface area contributed by atoms with Crippen molar-refractivity contribution in [1.29, 1.82) is 0 Å². The summed E-state index contributed by atoms with van der Waals surface area (Å²) in [5.41, 5.74) is 0. The van der Waals surface area contributed by atoms with Crippen LogP contribution in [0.15, 0.2) is 18.2 Å². The van der Waals surface area contributed by atoms with Crippen molar-refractivity contribution >= 4 is 13.2 Å². The maximum absolute atomic E-state index is 14.2. The first kappa shape index (κ1) is 16.6. The molecule has 0 aliphatic rings. The molecule has 0 atom stereocenters. The van der Waals surface area contributed by atoms with Crippen LogP contribution in [0, 0.1) is 11.6 Å². The van der Waals surface area contributed by atoms with Crippen LogP contribution in [0.1, 0.15) is 54.4 Å². The number of hydrogen-bond donors (Lipinski definition) is 0. The van der Waals surface area contributed by atoms with Crippen LogP contribution in [0.5, 0.6) is 0 Å². The van der Waals surface area contributed by atoms with Crippen molar-refractivity contribution in [3.63, 3.8) is 0 Å². The fourth-order valence-electron chi connectivity index (χ4n) is 2.45. The molecule has 0 saturated heterocycles. The summed E-state index contributed by atoms with van der Waals surface area (Å²) in [6.45, 7) is 13.1. The molecule has 0 aromatic heterocycles. The lowest BCUT2D eigenvalue weighted by molar-refractivity contribution is 0.582. The molecule has 0 amide bonds. The molecule has 19 heavy (non-hydrogen) atoms. The second-order valence-electron chi connectivity index (χ2n) is 6.26. The smallest absolute Gasteiger partial charge is 0.133 e. The number of halogens is 2. The Labute approximate surface area is 117 Å². The van der Waals surface area contributed by atoms with Gasteiger partial charge in [0, 0.05) is 11.4 Å². The molecule has 0 nitrogen and oxygen atoms in total. The predicted molar refractivity (Wildman–Crippen MR) is 81.7 cm³/mol. The third-order valence-corrected chi connectivity index (χ3v) is 7.99. The molecule has 0 heterocycles. The van der Waals surface area contributed by atoms with Gasteiger partial charge in [0.25, 0.3) is 0 Å². The first-order valence-corrected chi connectivity index (χ1v) is 8.25. The number of hydrogen-bond acceptors (Lipinski definition) is 0. The highest BCUT2D eigenvalue weighted by Gasteiger charge is 2.40. The maximum atomic E-state index is 14.2. The van der Waals surface area contributed by atoms with E-state index >= 15 is 0 Å². The summed E-state index contributed by atoms with van der Waals surface area (Å²) in [5.74, 6) is -0.894. The topological polar surface area (TPSA) is 0 Å². The Morgan fingerprint density at radius 2 is 1.42 bits per heavy atom. The molecule has 0 aliphatic carbocycles. The predicted octanol–water partition coefficient (Wildman–Crippen LogP) is 5.45. The van der Waals surface area contributed by atoms with Crippen molar-refractivity contribution in [2.45, 2.75) is 64.7 Å². The van der Waals surface area contributed by atoms with Crippen molar-refractivity contribution in [3.8, 4) is 0 Å². The Hall–Kier alpha value is -0.490. The van der Waals surface area contributed by atoms with E-state index in [1.165, 1.54) is 6.07 Å². The summed E-state index contributed by atoms with van der Waals surface area (Å²) < 4.78 is 27.3. The van der Waals surface area contributed by atoms with E-state index in [4.69, 9.17) is 0 Å². The van der Waals surface area contributed by atoms with Gasteiger partial charge in [0.15, 0.2) is 0 Å². The van der Waals surface area contributed by atoms with Gasteiger partial charge >= 0.3 is 0 Å². The van der Waals surface area contributed by atoms with E-state index in [1.807, 2.05) is 0 Å². The van der Waals surface area contributed by atoms with Crippen LogP contribution in [0.4, 0.5) is 8.78 Å². The van der Waals surface area contributed by atoms with E-state index in [0.29, 0.717) is 5.30 Å². The lowest BCUT2D eigenvalue weighted by Crippen LogP contribution is -2.35. The molecule has 0 unspecified atom stereocenters. The van der Waals surface area contributed by atoms with Gasteiger partial charge in [-0.2, -0.15) is 0 Å². The van der Waals surface area contributed by atoms with Crippen LogP contribution in [0.3, 0.4) is 0 Å². The van der Waals surface area contributed by atoms with E-state index in [0.717, 1.165) is 18.9 Å². The molecule has 1 rings (SSSR count). The minimum Gasteiger partial charge on any atom is -0.207 e.